The zero-order valence-electron chi connectivity index (χ0n) is 10.2. The second-order valence-corrected chi connectivity index (χ2v) is 4.83. The standard InChI is InChI=1S/C14H21FN2/c15-13-5-1-4-12(10-13)11-17-9-3-7-14(17)6-2-8-16/h1,4-5,10,14H,2-3,6-9,11,16H2. The number of halogens is 1. The maximum absolute atomic E-state index is 13.1. The lowest BCUT2D eigenvalue weighted by molar-refractivity contribution is 0.232. The molecule has 3 heteroatoms. The predicted octanol–water partition coefficient (Wildman–Crippen LogP) is 2.53. The highest BCUT2D eigenvalue weighted by molar-refractivity contribution is 5.16. The maximum atomic E-state index is 13.1. The number of nitrogens with zero attached hydrogens (tertiary/aromatic N) is 1. The fourth-order valence-electron chi connectivity index (χ4n) is 2.65. The first kappa shape index (κ1) is 12.5. The molecule has 0 radical (unpaired) electrons. The molecule has 2 N–H and O–H groups in total. The van der Waals surface area contributed by atoms with Gasteiger partial charge in [-0.25, -0.2) is 4.39 Å². The van der Waals surface area contributed by atoms with Crippen molar-refractivity contribution in [1.29, 1.82) is 0 Å². The zero-order chi connectivity index (χ0) is 12.1. The molecular formula is C14H21FN2. The molecule has 0 amide bonds. The third-order valence-corrected chi connectivity index (χ3v) is 3.52. The second kappa shape index (κ2) is 6.12. The first-order valence-electron chi connectivity index (χ1n) is 6.48. The number of rotatable bonds is 5. The minimum absolute atomic E-state index is 0.139. The molecule has 1 aliphatic rings. The quantitative estimate of drug-likeness (QED) is 0.851. The first-order chi connectivity index (χ1) is 8.29. The van der Waals surface area contributed by atoms with Crippen molar-refractivity contribution in [3.05, 3.63) is 35.6 Å². The topological polar surface area (TPSA) is 29.3 Å². The van der Waals surface area contributed by atoms with Crippen LogP contribution in [0.15, 0.2) is 24.3 Å². The van der Waals surface area contributed by atoms with Gasteiger partial charge in [0.1, 0.15) is 5.82 Å². The molecule has 1 heterocycles. The zero-order valence-corrected chi connectivity index (χ0v) is 10.2. The summed E-state index contributed by atoms with van der Waals surface area (Å²) in [6.45, 7) is 2.77. The molecule has 1 aromatic rings. The molecule has 2 nitrogen and oxygen atoms in total. The number of hydrogen-bond acceptors (Lipinski definition) is 2. The van der Waals surface area contributed by atoms with Gasteiger partial charge in [-0.2, -0.15) is 0 Å². The summed E-state index contributed by atoms with van der Waals surface area (Å²) in [5.74, 6) is -0.139. The molecular weight excluding hydrogens is 215 g/mol. The first-order valence-corrected chi connectivity index (χ1v) is 6.48. The number of hydrogen-bond donors (Lipinski definition) is 1. The van der Waals surface area contributed by atoms with E-state index in [2.05, 4.69) is 4.90 Å². The van der Waals surface area contributed by atoms with Crippen molar-refractivity contribution in [3.8, 4) is 0 Å². The monoisotopic (exact) mass is 236 g/mol. The largest absolute Gasteiger partial charge is 0.330 e. The molecule has 1 aliphatic heterocycles. The second-order valence-electron chi connectivity index (χ2n) is 4.83. The lowest BCUT2D eigenvalue weighted by Gasteiger charge is -2.24. The molecule has 1 unspecified atom stereocenters. The molecule has 2 rings (SSSR count). The lowest BCUT2D eigenvalue weighted by Crippen LogP contribution is -2.29. The summed E-state index contributed by atoms with van der Waals surface area (Å²) >= 11 is 0. The molecule has 17 heavy (non-hydrogen) atoms. The van der Waals surface area contributed by atoms with Gasteiger partial charge >= 0.3 is 0 Å². The van der Waals surface area contributed by atoms with Gasteiger partial charge in [-0.05, 0) is 56.5 Å². The van der Waals surface area contributed by atoms with E-state index in [0.29, 0.717) is 6.04 Å². The molecule has 0 saturated carbocycles. The fraction of sp³-hybridized carbons (Fsp3) is 0.571. The molecule has 0 aromatic heterocycles. The molecule has 0 spiro atoms. The van der Waals surface area contributed by atoms with Crippen LogP contribution >= 0.6 is 0 Å². The highest BCUT2D eigenvalue weighted by Crippen LogP contribution is 2.23. The lowest BCUT2D eigenvalue weighted by atomic mass is 10.1. The number of nitrogens with two attached hydrogens (primary N) is 1. The van der Waals surface area contributed by atoms with E-state index >= 15 is 0 Å². The normalized spacial score (nSPS) is 20.9. The van der Waals surface area contributed by atoms with Crippen LogP contribution in [-0.2, 0) is 6.54 Å². The van der Waals surface area contributed by atoms with E-state index in [1.165, 1.54) is 25.3 Å². The third-order valence-electron chi connectivity index (χ3n) is 3.52. The van der Waals surface area contributed by atoms with Crippen LogP contribution in [0.5, 0.6) is 0 Å². The number of likely N-dealkylation sites (tertiary alicyclic amines) is 1. The van der Waals surface area contributed by atoms with Crippen LogP contribution in [0, 0.1) is 5.82 Å². The van der Waals surface area contributed by atoms with Crippen molar-refractivity contribution in [2.45, 2.75) is 38.3 Å². The van der Waals surface area contributed by atoms with Crippen molar-refractivity contribution in [2.24, 2.45) is 5.73 Å². The van der Waals surface area contributed by atoms with Crippen LogP contribution in [-0.4, -0.2) is 24.0 Å². The summed E-state index contributed by atoms with van der Waals surface area (Å²) in [4.78, 5) is 2.46. The van der Waals surface area contributed by atoms with E-state index in [-0.39, 0.29) is 5.82 Å². The minimum atomic E-state index is -0.139. The van der Waals surface area contributed by atoms with Crippen LogP contribution in [0.3, 0.4) is 0 Å². The van der Waals surface area contributed by atoms with E-state index < -0.39 is 0 Å². The third kappa shape index (κ3) is 3.51. The Balaban J connectivity index is 1.93. The Morgan fingerprint density at radius 3 is 3.06 bits per heavy atom. The summed E-state index contributed by atoms with van der Waals surface area (Å²) in [5.41, 5.74) is 6.63. The van der Waals surface area contributed by atoms with Crippen LogP contribution < -0.4 is 5.73 Å². The molecule has 1 atom stereocenters. The van der Waals surface area contributed by atoms with Gasteiger partial charge in [-0.3, -0.25) is 4.90 Å². The van der Waals surface area contributed by atoms with Crippen LogP contribution in [0.25, 0.3) is 0 Å². The van der Waals surface area contributed by atoms with Gasteiger partial charge in [0.2, 0.25) is 0 Å². The Hall–Kier alpha value is -0.930. The van der Waals surface area contributed by atoms with Crippen molar-refractivity contribution in [3.63, 3.8) is 0 Å². The van der Waals surface area contributed by atoms with Gasteiger partial charge in [-0.15, -0.1) is 0 Å². The highest BCUT2D eigenvalue weighted by Gasteiger charge is 2.23. The smallest absolute Gasteiger partial charge is 0.123 e. The summed E-state index contributed by atoms with van der Waals surface area (Å²) in [5, 5.41) is 0. The van der Waals surface area contributed by atoms with Gasteiger partial charge < -0.3 is 5.73 Å². The number of benzene rings is 1. The summed E-state index contributed by atoms with van der Waals surface area (Å²) in [7, 11) is 0. The molecule has 1 aromatic carbocycles. The summed E-state index contributed by atoms with van der Waals surface area (Å²) < 4.78 is 13.1. The molecule has 0 bridgehead atoms. The van der Waals surface area contributed by atoms with Gasteiger partial charge in [0.05, 0.1) is 0 Å². The SMILES string of the molecule is NCCCC1CCCN1Cc1cccc(F)c1. The van der Waals surface area contributed by atoms with E-state index in [4.69, 9.17) is 5.73 Å². The van der Waals surface area contributed by atoms with Crippen LogP contribution in [0.4, 0.5) is 4.39 Å². The minimum Gasteiger partial charge on any atom is -0.330 e. The Labute approximate surface area is 103 Å². The van der Waals surface area contributed by atoms with E-state index in [9.17, 15) is 4.39 Å². The van der Waals surface area contributed by atoms with E-state index in [0.717, 1.165) is 31.6 Å². The van der Waals surface area contributed by atoms with Crippen LogP contribution in [0.2, 0.25) is 0 Å². The Bertz CT molecular complexity index is 354. The molecule has 1 saturated heterocycles. The molecule has 94 valence electrons. The van der Waals surface area contributed by atoms with Gasteiger partial charge in [0, 0.05) is 12.6 Å². The fourth-order valence-corrected chi connectivity index (χ4v) is 2.65. The van der Waals surface area contributed by atoms with E-state index in [1.807, 2.05) is 6.07 Å². The summed E-state index contributed by atoms with van der Waals surface area (Å²) in [6.07, 6.45) is 4.77. The van der Waals surface area contributed by atoms with Crippen molar-refractivity contribution in [1.82, 2.24) is 4.90 Å². The van der Waals surface area contributed by atoms with E-state index in [1.54, 1.807) is 12.1 Å². The van der Waals surface area contributed by atoms with Crippen molar-refractivity contribution in [2.75, 3.05) is 13.1 Å². The summed E-state index contributed by atoms with van der Waals surface area (Å²) in [6, 6.07) is 7.57. The average Bonchev–Trinajstić information content (AvgIpc) is 2.74. The van der Waals surface area contributed by atoms with Crippen LogP contribution in [0.1, 0.15) is 31.2 Å². The van der Waals surface area contributed by atoms with Crippen molar-refractivity contribution < 1.29 is 4.39 Å². The van der Waals surface area contributed by atoms with Gasteiger partial charge in [0.25, 0.3) is 0 Å². The van der Waals surface area contributed by atoms with Gasteiger partial charge in [-0.1, -0.05) is 12.1 Å². The molecule has 1 fully saturated rings. The van der Waals surface area contributed by atoms with Crippen molar-refractivity contribution >= 4 is 0 Å². The maximum Gasteiger partial charge on any atom is 0.123 e. The molecule has 0 aliphatic carbocycles. The predicted molar refractivity (Wildman–Crippen MR) is 68.1 cm³/mol. The Morgan fingerprint density at radius 2 is 2.29 bits per heavy atom. The average molecular weight is 236 g/mol. The Morgan fingerprint density at radius 1 is 1.41 bits per heavy atom. The highest BCUT2D eigenvalue weighted by atomic mass is 19.1. The Kier molecular flexibility index (Phi) is 4.51. The van der Waals surface area contributed by atoms with Gasteiger partial charge in [0.15, 0.2) is 0 Å².